The third kappa shape index (κ3) is 5.26. The maximum absolute atomic E-state index is 13.6. The number of ether oxygens (including phenoxy) is 3. The summed E-state index contributed by atoms with van der Waals surface area (Å²) in [4.78, 5) is 22.2. The van der Waals surface area contributed by atoms with E-state index in [9.17, 15) is 4.79 Å². The lowest BCUT2D eigenvalue weighted by Gasteiger charge is -2.23. The van der Waals surface area contributed by atoms with Gasteiger partial charge in [-0.25, -0.2) is 4.98 Å². The van der Waals surface area contributed by atoms with Gasteiger partial charge in [0.05, 0.1) is 31.5 Å². The molecule has 9 heteroatoms. The van der Waals surface area contributed by atoms with Crippen LogP contribution in [0.15, 0.2) is 24.3 Å². The lowest BCUT2D eigenvalue weighted by Crippen LogP contribution is -2.36. The van der Waals surface area contributed by atoms with Crippen molar-refractivity contribution in [1.82, 2.24) is 9.88 Å². The molecule has 1 heterocycles. The van der Waals surface area contributed by atoms with Gasteiger partial charge in [0, 0.05) is 18.7 Å². The number of rotatable bonds is 8. The van der Waals surface area contributed by atoms with Crippen LogP contribution in [0.3, 0.4) is 0 Å². The van der Waals surface area contributed by atoms with Gasteiger partial charge >= 0.3 is 0 Å². The molecule has 2 aromatic carbocycles. The molecule has 7 nitrogen and oxygen atoms in total. The molecule has 0 aliphatic heterocycles. The van der Waals surface area contributed by atoms with Gasteiger partial charge in [0.2, 0.25) is 5.75 Å². The Kier molecular flexibility index (Phi) is 8.72. The van der Waals surface area contributed by atoms with E-state index in [4.69, 9.17) is 19.2 Å². The first-order valence-electron chi connectivity index (χ1n) is 9.93. The van der Waals surface area contributed by atoms with Crippen molar-refractivity contribution in [3.63, 3.8) is 0 Å². The molecule has 0 aliphatic rings. The number of hydrogen-bond acceptors (Lipinski definition) is 7. The highest BCUT2D eigenvalue weighted by Gasteiger charge is 2.25. The van der Waals surface area contributed by atoms with Crippen molar-refractivity contribution in [2.45, 2.75) is 13.8 Å². The number of hydrogen-bond donors (Lipinski definition) is 0. The number of anilines is 1. The molecule has 0 spiro atoms. The number of methoxy groups -OCH3 is 3. The number of aromatic nitrogens is 1. The summed E-state index contributed by atoms with van der Waals surface area (Å²) in [5, 5.41) is 0.671. The van der Waals surface area contributed by atoms with Crippen LogP contribution in [0, 0.1) is 13.8 Å². The molecule has 0 saturated carbocycles. The third-order valence-corrected chi connectivity index (χ3v) is 6.00. The molecule has 1 aromatic heterocycles. The topological polar surface area (TPSA) is 64.1 Å². The Morgan fingerprint density at radius 3 is 2.12 bits per heavy atom. The Morgan fingerprint density at radius 1 is 0.969 bits per heavy atom. The van der Waals surface area contributed by atoms with E-state index < -0.39 is 0 Å². The predicted molar refractivity (Wildman–Crippen MR) is 133 cm³/mol. The van der Waals surface area contributed by atoms with Crippen LogP contribution in [0.4, 0.5) is 5.13 Å². The minimum Gasteiger partial charge on any atom is -0.493 e. The monoisotopic (exact) mass is 479 g/mol. The number of thiazole rings is 1. The smallest absolute Gasteiger partial charge is 0.260 e. The van der Waals surface area contributed by atoms with Crippen molar-refractivity contribution < 1.29 is 19.0 Å². The second-order valence-corrected chi connectivity index (χ2v) is 8.61. The number of aryl methyl sites for hydroxylation is 2. The Balaban J connectivity index is 0.00000363. The zero-order chi connectivity index (χ0) is 22.7. The fourth-order valence-electron chi connectivity index (χ4n) is 3.42. The van der Waals surface area contributed by atoms with Crippen molar-refractivity contribution in [3.8, 4) is 17.2 Å². The number of fused-ring (bicyclic) bond motifs is 1. The minimum absolute atomic E-state index is 0. The maximum atomic E-state index is 13.6. The largest absolute Gasteiger partial charge is 0.493 e. The molecule has 0 N–H and O–H groups in total. The van der Waals surface area contributed by atoms with Gasteiger partial charge in [-0.05, 0) is 57.3 Å². The van der Waals surface area contributed by atoms with E-state index in [0.29, 0.717) is 41.0 Å². The average molecular weight is 480 g/mol. The van der Waals surface area contributed by atoms with E-state index in [2.05, 4.69) is 19.1 Å². The van der Waals surface area contributed by atoms with Crippen molar-refractivity contribution in [1.29, 1.82) is 0 Å². The van der Waals surface area contributed by atoms with Gasteiger partial charge in [-0.15, -0.1) is 12.4 Å². The Hall–Kier alpha value is -2.55. The molecule has 1 amide bonds. The molecule has 0 radical (unpaired) electrons. The van der Waals surface area contributed by atoms with Crippen LogP contribution in [0.2, 0.25) is 0 Å². The van der Waals surface area contributed by atoms with E-state index in [-0.39, 0.29) is 18.3 Å². The van der Waals surface area contributed by atoms with E-state index in [0.717, 1.165) is 15.8 Å². The lowest BCUT2D eigenvalue weighted by atomic mass is 10.1. The summed E-state index contributed by atoms with van der Waals surface area (Å²) in [6.07, 6.45) is 0. The summed E-state index contributed by atoms with van der Waals surface area (Å²) in [5.74, 6) is 1.16. The molecule has 0 atom stereocenters. The van der Waals surface area contributed by atoms with Crippen LogP contribution >= 0.6 is 23.7 Å². The van der Waals surface area contributed by atoms with Gasteiger partial charge in [-0.3, -0.25) is 9.69 Å². The van der Waals surface area contributed by atoms with E-state index >= 15 is 0 Å². The number of carbonyl (C=O) groups excluding carboxylic acids is 1. The van der Waals surface area contributed by atoms with Crippen molar-refractivity contribution in [2.24, 2.45) is 0 Å². The number of halogens is 1. The summed E-state index contributed by atoms with van der Waals surface area (Å²) in [7, 11) is 8.57. The average Bonchev–Trinajstić information content (AvgIpc) is 3.16. The van der Waals surface area contributed by atoms with Crippen LogP contribution in [0.25, 0.3) is 10.2 Å². The number of benzene rings is 2. The van der Waals surface area contributed by atoms with Gasteiger partial charge in [0.25, 0.3) is 5.91 Å². The van der Waals surface area contributed by atoms with Crippen LogP contribution < -0.4 is 19.1 Å². The minimum atomic E-state index is -0.172. The first-order chi connectivity index (χ1) is 14.8. The van der Waals surface area contributed by atoms with E-state index in [1.165, 1.54) is 38.2 Å². The van der Waals surface area contributed by atoms with Crippen LogP contribution in [0.1, 0.15) is 21.5 Å². The fourth-order valence-corrected chi connectivity index (χ4v) is 4.58. The van der Waals surface area contributed by atoms with E-state index in [1.807, 2.05) is 25.9 Å². The molecular formula is C23H30ClN3O4S. The number of likely N-dealkylation sites (N-methyl/N-ethyl adjacent to an activating group) is 1. The number of amides is 1. The maximum Gasteiger partial charge on any atom is 0.260 e. The summed E-state index contributed by atoms with van der Waals surface area (Å²) < 4.78 is 17.3. The first kappa shape index (κ1) is 25.7. The normalized spacial score (nSPS) is 10.8. The predicted octanol–water partition coefficient (Wildman–Crippen LogP) is 4.57. The molecule has 3 rings (SSSR count). The number of nitrogens with zero attached hydrogens (tertiary/aromatic N) is 3. The third-order valence-electron chi connectivity index (χ3n) is 4.98. The van der Waals surface area contributed by atoms with Gasteiger partial charge in [0.15, 0.2) is 16.6 Å². The van der Waals surface area contributed by atoms with Crippen LogP contribution in [0.5, 0.6) is 17.2 Å². The zero-order valence-electron chi connectivity index (χ0n) is 19.5. The Labute approximate surface area is 199 Å². The standard InChI is InChI=1S/C23H29N3O4S.ClH/c1-14-10-15(2)20-19(11-14)31-23(24-20)26(9-8-25(3)4)22(27)16-12-17(28-5)21(30-7)18(13-16)29-6;/h10-13H,8-9H2,1-7H3;1H. The van der Waals surface area contributed by atoms with Gasteiger partial charge in [-0.1, -0.05) is 17.4 Å². The second kappa shape index (κ2) is 10.8. The summed E-state index contributed by atoms with van der Waals surface area (Å²) >= 11 is 1.52. The highest BCUT2D eigenvalue weighted by Crippen LogP contribution is 2.39. The number of carbonyl (C=O) groups is 1. The quantitative estimate of drug-likeness (QED) is 0.471. The summed E-state index contributed by atoms with van der Waals surface area (Å²) in [6.45, 7) is 5.31. The fraction of sp³-hybridized carbons (Fsp3) is 0.391. The zero-order valence-corrected chi connectivity index (χ0v) is 21.1. The molecule has 0 aliphatic carbocycles. The lowest BCUT2D eigenvalue weighted by molar-refractivity contribution is 0.0984. The highest BCUT2D eigenvalue weighted by molar-refractivity contribution is 7.22. The van der Waals surface area contributed by atoms with Crippen molar-refractivity contribution >= 4 is 45.0 Å². The Morgan fingerprint density at radius 2 is 1.59 bits per heavy atom. The molecule has 32 heavy (non-hydrogen) atoms. The van der Waals surface area contributed by atoms with Crippen molar-refractivity contribution in [3.05, 3.63) is 41.0 Å². The summed E-state index contributed by atoms with van der Waals surface area (Å²) in [6, 6.07) is 7.57. The Bertz CT molecular complexity index is 1080. The SMILES string of the molecule is COc1cc(C(=O)N(CCN(C)C)c2nc3c(C)cc(C)cc3s2)cc(OC)c1OC.Cl. The van der Waals surface area contributed by atoms with E-state index in [1.54, 1.807) is 17.0 Å². The first-order valence-corrected chi connectivity index (χ1v) is 10.7. The molecule has 3 aromatic rings. The van der Waals surface area contributed by atoms with Gasteiger partial charge in [-0.2, -0.15) is 0 Å². The van der Waals surface area contributed by atoms with Gasteiger partial charge < -0.3 is 19.1 Å². The molecule has 0 bridgehead atoms. The summed E-state index contributed by atoms with van der Waals surface area (Å²) in [5.41, 5.74) is 3.65. The van der Waals surface area contributed by atoms with Crippen LogP contribution in [-0.2, 0) is 0 Å². The van der Waals surface area contributed by atoms with Gasteiger partial charge in [0.1, 0.15) is 0 Å². The highest BCUT2D eigenvalue weighted by atomic mass is 35.5. The molecule has 174 valence electrons. The molecule has 0 saturated heterocycles. The van der Waals surface area contributed by atoms with Crippen LogP contribution in [-0.4, -0.2) is 64.3 Å². The molecule has 0 unspecified atom stereocenters. The molecular weight excluding hydrogens is 450 g/mol. The second-order valence-electron chi connectivity index (χ2n) is 7.60. The molecule has 0 fully saturated rings. The van der Waals surface area contributed by atoms with Crippen molar-refractivity contribution in [2.75, 3.05) is 53.4 Å².